The molecular formula is C19H27N3O3. The lowest BCUT2D eigenvalue weighted by Gasteiger charge is -2.32. The SMILES string of the molecule is CC(C)(C)OC(=O)N1CCCc2cc(NC(=O)N3CCCC3)ccc21. The van der Waals surface area contributed by atoms with Gasteiger partial charge < -0.3 is 15.0 Å². The van der Waals surface area contributed by atoms with Gasteiger partial charge >= 0.3 is 12.1 Å². The Kier molecular flexibility index (Phi) is 4.88. The van der Waals surface area contributed by atoms with Gasteiger partial charge in [0.05, 0.1) is 5.69 Å². The van der Waals surface area contributed by atoms with Gasteiger partial charge in [-0.1, -0.05) is 0 Å². The third-order valence-electron chi connectivity index (χ3n) is 4.46. The van der Waals surface area contributed by atoms with Crippen molar-refractivity contribution in [2.75, 3.05) is 29.9 Å². The maximum absolute atomic E-state index is 12.4. The van der Waals surface area contributed by atoms with Crippen LogP contribution in [-0.4, -0.2) is 42.3 Å². The Morgan fingerprint density at radius 2 is 1.80 bits per heavy atom. The summed E-state index contributed by atoms with van der Waals surface area (Å²) in [5.41, 5.74) is 2.20. The molecule has 1 fully saturated rings. The lowest BCUT2D eigenvalue weighted by molar-refractivity contribution is 0.0578. The molecule has 0 spiro atoms. The van der Waals surface area contributed by atoms with Crippen molar-refractivity contribution >= 4 is 23.5 Å². The molecule has 25 heavy (non-hydrogen) atoms. The normalized spacial score (nSPS) is 17.2. The molecule has 0 radical (unpaired) electrons. The van der Waals surface area contributed by atoms with Gasteiger partial charge in [-0.2, -0.15) is 0 Å². The quantitative estimate of drug-likeness (QED) is 0.837. The number of likely N-dealkylation sites (tertiary alicyclic amines) is 1. The molecule has 1 aromatic carbocycles. The average Bonchev–Trinajstić information content (AvgIpc) is 3.07. The second kappa shape index (κ2) is 6.94. The average molecular weight is 345 g/mol. The number of urea groups is 1. The van der Waals surface area contributed by atoms with E-state index < -0.39 is 5.60 Å². The summed E-state index contributed by atoms with van der Waals surface area (Å²) in [6.45, 7) is 7.90. The molecule has 0 aromatic heterocycles. The van der Waals surface area contributed by atoms with E-state index in [0.29, 0.717) is 6.54 Å². The molecule has 0 aliphatic carbocycles. The number of anilines is 2. The summed E-state index contributed by atoms with van der Waals surface area (Å²) < 4.78 is 5.51. The predicted octanol–water partition coefficient (Wildman–Crippen LogP) is 4.00. The summed E-state index contributed by atoms with van der Waals surface area (Å²) in [7, 11) is 0. The standard InChI is InChI=1S/C19H27N3O3/c1-19(2,3)25-18(24)22-12-6-7-14-13-15(8-9-16(14)22)20-17(23)21-10-4-5-11-21/h8-9,13H,4-7,10-12H2,1-3H3,(H,20,23). The minimum absolute atomic E-state index is 0.0442. The van der Waals surface area contributed by atoms with Crippen LogP contribution in [0.5, 0.6) is 0 Å². The van der Waals surface area contributed by atoms with Crippen molar-refractivity contribution in [3.8, 4) is 0 Å². The van der Waals surface area contributed by atoms with E-state index in [4.69, 9.17) is 4.74 Å². The van der Waals surface area contributed by atoms with Crippen molar-refractivity contribution in [2.45, 2.75) is 52.1 Å². The highest BCUT2D eigenvalue weighted by atomic mass is 16.6. The van der Waals surface area contributed by atoms with Crippen molar-refractivity contribution < 1.29 is 14.3 Å². The van der Waals surface area contributed by atoms with Crippen molar-refractivity contribution in [3.63, 3.8) is 0 Å². The number of carbonyl (C=O) groups is 2. The summed E-state index contributed by atoms with van der Waals surface area (Å²) in [6, 6.07) is 5.69. The molecule has 6 heteroatoms. The summed E-state index contributed by atoms with van der Waals surface area (Å²) in [5.74, 6) is 0. The van der Waals surface area contributed by atoms with Crippen LogP contribution in [0.2, 0.25) is 0 Å². The van der Waals surface area contributed by atoms with Gasteiger partial charge in [-0.15, -0.1) is 0 Å². The van der Waals surface area contributed by atoms with Gasteiger partial charge in [0.1, 0.15) is 5.60 Å². The predicted molar refractivity (Wildman–Crippen MR) is 98.2 cm³/mol. The second-order valence-corrected chi connectivity index (χ2v) is 7.70. The van der Waals surface area contributed by atoms with Gasteiger partial charge in [0.15, 0.2) is 0 Å². The molecule has 2 heterocycles. The number of nitrogens with one attached hydrogen (secondary N) is 1. The van der Waals surface area contributed by atoms with E-state index in [0.717, 1.165) is 55.7 Å². The smallest absolute Gasteiger partial charge is 0.414 e. The Morgan fingerprint density at radius 3 is 2.48 bits per heavy atom. The first kappa shape index (κ1) is 17.6. The Labute approximate surface area is 149 Å². The minimum Gasteiger partial charge on any atom is -0.443 e. The molecule has 0 saturated carbocycles. The lowest BCUT2D eigenvalue weighted by Crippen LogP contribution is -2.39. The highest BCUT2D eigenvalue weighted by Gasteiger charge is 2.27. The summed E-state index contributed by atoms with van der Waals surface area (Å²) in [4.78, 5) is 28.2. The van der Waals surface area contributed by atoms with E-state index in [9.17, 15) is 9.59 Å². The van der Waals surface area contributed by atoms with E-state index >= 15 is 0 Å². The molecule has 0 atom stereocenters. The van der Waals surface area contributed by atoms with Crippen molar-refractivity contribution in [3.05, 3.63) is 23.8 Å². The fourth-order valence-corrected chi connectivity index (χ4v) is 3.30. The van der Waals surface area contributed by atoms with Crippen LogP contribution in [0.3, 0.4) is 0 Å². The number of aryl methyl sites for hydroxylation is 1. The Bertz CT molecular complexity index is 660. The van der Waals surface area contributed by atoms with Crippen LogP contribution in [-0.2, 0) is 11.2 Å². The van der Waals surface area contributed by atoms with E-state index in [1.807, 2.05) is 43.9 Å². The maximum Gasteiger partial charge on any atom is 0.414 e. The molecule has 0 bridgehead atoms. The van der Waals surface area contributed by atoms with E-state index in [1.165, 1.54) is 0 Å². The van der Waals surface area contributed by atoms with Gasteiger partial charge in [0, 0.05) is 25.3 Å². The number of carbonyl (C=O) groups excluding carboxylic acids is 2. The summed E-state index contributed by atoms with van der Waals surface area (Å²) >= 11 is 0. The number of benzene rings is 1. The number of rotatable bonds is 1. The third kappa shape index (κ3) is 4.24. The first-order chi connectivity index (χ1) is 11.8. The van der Waals surface area contributed by atoms with Crippen LogP contribution in [0.4, 0.5) is 21.0 Å². The number of nitrogens with zero attached hydrogens (tertiary/aromatic N) is 2. The number of amides is 3. The zero-order chi connectivity index (χ0) is 18.0. The highest BCUT2D eigenvalue weighted by molar-refractivity contribution is 5.92. The molecule has 1 aromatic rings. The van der Waals surface area contributed by atoms with Crippen LogP contribution in [0.1, 0.15) is 45.6 Å². The van der Waals surface area contributed by atoms with E-state index in [-0.39, 0.29) is 12.1 Å². The van der Waals surface area contributed by atoms with E-state index in [2.05, 4.69) is 5.32 Å². The van der Waals surface area contributed by atoms with Gasteiger partial charge in [-0.05, 0) is 70.2 Å². The Hall–Kier alpha value is -2.24. The fraction of sp³-hybridized carbons (Fsp3) is 0.579. The van der Waals surface area contributed by atoms with Crippen LogP contribution < -0.4 is 10.2 Å². The van der Waals surface area contributed by atoms with Gasteiger partial charge in [0.2, 0.25) is 0 Å². The molecule has 136 valence electrons. The van der Waals surface area contributed by atoms with Crippen LogP contribution in [0, 0.1) is 0 Å². The fourth-order valence-electron chi connectivity index (χ4n) is 3.30. The number of ether oxygens (including phenoxy) is 1. The Balaban J connectivity index is 1.73. The molecule has 0 unspecified atom stereocenters. The van der Waals surface area contributed by atoms with Crippen molar-refractivity contribution in [2.24, 2.45) is 0 Å². The summed E-state index contributed by atoms with van der Waals surface area (Å²) in [6.07, 6.45) is 3.60. The zero-order valence-corrected chi connectivity index (χ0v) is 15.3. The molecule has 3 rings (SSSR count). The zero-order valence-electron chi connectivity index (χ0n) is 15.3. The lowest BCUT2D eigenvalue weighted by atomic mass is 10.0. The molecular weight excluding hydrogens is 318 g/mol. The monoisotopic (exact) mass is 345 g/mol. The minimum atomic E-state index is -0.516. The summed E-state index contributed by atoms with van der Waals surface area (Å²) in [5, 5.41) is 2.97. The largest absolute Gasteiger partial charge is 0.443 e. The first-order valence-corrected chi connectivity index (χ1v) is 9.03. The molecule has 3 amide bonds. The number of hydrogen-bond donors (Lipinski definition) is 1. The third-order valence-corrected chi connectivity index (χ3v) is 4.46. The Morgan fingerprint density at radius 1 is 1.08 bits per heavy atom. The molecule has 6 nitrogen and oxygen atoms in total. The van der Waals surface area contributed by atoms with Crippen LogP contribution in [0.25, 0.3) is 0 Å². The van der Waals surface area contributed by atoms with Crippen molar-refractivity contribution in [1.82, 2.24) is 4.90 Å². The first-order valence-electron chi connectivity index (χ1n) is 9.03. The van der Waals surface area contributed by atoms with Gasteiger partial charge in [-0.25, -0.2) is 9.59 Å². The highest BCUT2D eigenvalue weighted by Crippen LogP contribution is 2.31. The van der Waals surface area contributed by atoms with Crippen LogP contribution in [0.15, 0.2) is 18.2 Å². The second-order valence-electron chi connectivity index (χ2n) is 7.70. The number of hydrogen-bond acceptors (Lipinski definition) is 3. The van der Waals surface area contributed by atoms with Gasteiger partial charge in [-0.3, -0.25) is 4.90 Å². The van der Waals surface area contributed by atoms with Crippen LogP contribution >= 0.6 is 0 Å². The molecule has 1 N–H and O–H groups in total. The van der Waals surface area contributed by atoms with E-state index in [1.54, 1.807) is 4.90 Å². The number of fused-ring (bicyclic) bond motifs is 1. The molecule has 1 saturated heterocycles. The topological polar surface area (TPSA) is 61.9 Å². The molecule has 2 aliphatic heterocycles. The molecule has 2 aliphatic rings. The van der Waals surface area contributed by atoms with Crippen molar-refractivity contribution in [1.29, 1.82) is 0 Å². The van der Waals surface area contributed by atoms with Gasteiger partial charge in [0.25, 0.3) is 0 Å². The maximum atomic E-state index is 12.4.